The number of anilines is 1. The molecule has 3 rings (SSSR count). The van der Waals surface area contributed by atoms with Gasteiger partial charge in [0.1, 0.15) is 5.82 Å². The van der Waals surface area contributed by atoms with Crippen LogP contribution in [0.15, 0.2) is 54.6 Å². The molecule has 2 nitrogen and oxygen atoms in total. The summed E-state index contributed by atoms with van der Waals surface area (Å²) in [5.41, 5.74) is 2.71. The Morgan fingerprint density at radius 2 is 1.59 bits per heavy atom. The van der Waals surface area contributed by atoms with E-state index >= 15 is 0 Å². The molecule has 0 bridgehead atoms. The maximum Gasteiger partial charge on any atom is 0.185 e. The van der Waals surface area contributed by atoms with E-state index in [0.717, 1.165) is 18.7 Å². The van der Waals surface area contributed by atoms with Crippen molar-refractivity contribution in [3.8, 4) is 0 Å². The van der Waals surface area contributed by atoms with Crippen LogP contribution in [0.2, 0.25) is 0 Å². The second-order valence-corrected chi connectivity index (χ2v) is 5.49. The summed E-state index contributed by atoms with van der Waals surface area (Å²) in [4.78, 5) is 14.4. The van der Waals surface area contributed by atoms with Crippen molar-refractivity contribution in [3.63, 3.8) is 0 Å². The highest BCUT2D eigenvalue weighted by Crippen LogP contribution is 2.20. The minimum atomic E-state index is -0.335. The molecule has 0 aromatic heterocycles. The molecule has 2 aromatic carbocycles. The van der Waals surface area contributed by atoms with Gasteiger partial charge in [-0.2, -0.15) is 0 Å². The number of benzene rings is 2. The highest BCUT2D eigenvalue weighted by Gasteiger charge is 2.11. The number of allylic oxidation sites excluding steroid dienone is 1. The first-order valence-electron chi connectivity index (χ1n) is 7.55. The lowest BCUT2D eigenvalue weighted by Crippen LogP contribution is -2.17. The van der Waals surface area contributed by atoms with Crippen LogP contribution >= 0.6 is 0 Å². The predicted octanol–water partition coefficient (Wildman–Crippen LogP) is 4.32. The summed E-state index contributed by atoms with van der Waals surface area (Å²) in [6.07, 6.45) is 5.83. The molecule has 0 amide bonds. The number of rotatable bonds is 4. The SMILES string of the molecule is O=C(/C=C/c1ccc(N2CCCC2)cc1)c1ccc(F)cc1. The Kier molecular flexibility index (Phi) is 4.33. The van der Waals surface area contributed by atoms with Gasteiger partial charge in [0.25, 0.3) is 0 Å². The van der Waals surface area contributed by atoms with Gasteiger partial charge in [0.15, 0.2) is 5.78 Å². The highest BCUT2D eigenvalue weighted by molar-refractivity contribution is 6.06. The fourth-order valence-corrected chi connectivity index (χ4v) is 2.65. The first-order valence-corrected chi connectivity index (χ1v) is 7.55. The summed E-state index contributed by atoms with van der Waals surface area (Å²) < 4.78 is 12.8. The molecule has 22 heavy (non-hydrogen) atoms. The first-order chi connectivity index (χ1) is 10.7. The molecule has 0 spiro atoms. The van der Waals surface area contributed by atoms with Gasteiger partial charge < -0.3 is 4.90 Å². The quantitative estimate of drug-likeness (QED) is 0.618. The third kappa shape index (κ3) is 3.42. The largest absolute Gasteiger partial charge is 0.372 e. The van der Waals surface area contributed by atoms with Crippen molar-refractivity contribution in [1.82, 2.24) is 0 Å². The van der Waals surface area contributed by atoms with Gasteiger partial charge in [0, 0.05) is 24.3 Å². The molecule has 0 N–H and O–H groups in total. The molecule has 2 aromatic rings. The number of ketones is 1. The smallest absolute Gasteiger partial charge is 0.185 e. The molecule has 0 saturated carbocycles. The number of halogens is 1. The van der Waals surface area contributed by atoms with Gasteiger partial charge in [0.05, 0.1) is 0 Å². The number of carbonyl (C=O) groups is 1. The van der Waals surface area contributed by atoms with Gasteiger partial charge in [-0.3, -0.25) is 4.79 Å². The predicted molar refractivity (Wildman–Crippen MR) is 87.7 cm³/mol. The normalized spacial score (nSPS) is 14.7. The molecule has 1 heterocycles. The number of hydrogen-bond donors (Lipinski definition) is 0. The van der Waals surface area contributed by atoms with E-state index in [-0.39, 0.29) is 11.6 Å². The second-order valence-electron chi connectivity index (χ2n) is 5.49. The molecule has 1 aliphatic rings. The molecule has 0 unspecified atom stereocenters. The van der Waals surface area contributed by atoms with Gasteiger partial charge in [-0.05, 0) is 60.9 Å². The zero-order chi connectivity index (χ0) is 15.4. The topological polar surface area (TPSA) is 20.3 Å². The van der Waals surface area contributed by atoms with Crippen molar-refractivity contribution in [2.45, 2.75) is 12.8 Å². The molecular weight excluding hydrogens is 277 g/mol. The van der Waals surface area contributed by atoms with Crippen molar-refractivity contribution >= 4 is 17.5 Å². The van der Waals surface area contributed by atoms with Crippen molar-refractivity contribution in [1.29, 1.82) is 0 Å². The Morgan fingerprint density at radius 1 is 0.955 bits per heavy atom. The third-order valence-corrected chi connectivity index (χ3v) is 3.92. The van der Waals surface area contributed by atoms with E-state index in [1.807, 2.05) is 12.1 Å². The molecule has 3 heteroatoms. The molecule has 0 aliphatic carbocycles. The van der Waals surface area contributed by atoms with E-state index < -0.39 is 0 Å². The molecular formula is C19H18FNO. The Balaban J connectivity index is 1.67. The van der Waals surface area contributed by atoms with E-state index in [4.69, 9.17) is 0 Å². The van der Waals surface area contributed by atoms with E-state index in [2.05, 4.69) is 17.0 Å². The summed E-state index contributed by atoms with van der Waals surface area (Å²) >= 11 is 0. The van der Waals surface area contributed by atoms with E-state index in [1.54, 1.807) is 6.08 Å². The fourth-order valence-electron chi connectivity index (χ4n) is 2.65. The zero-order valence-electron chi connectivity index (χ0n) is 12.3. The van der Waals surface area contributed by atoms with Crippen LogP contribution in [0.4, 0.5) is 10.1 Å². The van der Waals surface area contributed by atoms with Gasteiger partial charge in [-0.25, -0.2) is 4.39 Å². The Morgan fingerprint density at radius 3 is 2.23 bits per heavy atom. The molecule has 0 atom stereocenters. The lowest BCUT2D eigenvalue weighted by atomic mass is 10.1. The van der Waals surface area contributed by atoms with E-state index in [1.165, 1.54) is 48.9 Å². The minimum Gasteiger partial charge on any atom is -0.372 e. The molecule has 0 radical (unpaired) electrons. The van der Waals surface area contributed by atoms with Gasteiger partial charge in [0.2, 0.25) is 0 Å². The fraction of sp³-hybridized carbons (Fsp3) is 0.211. The third-order valence-electron chi connectivity index (χ3n) is 3.92. The lowest BCUT2D eigenvalue weighted by Gasteiger charge is -2.17. The average molecular weight is 295 g/mol. The summed E-state index contributed by atoms with van der Waals surface area (Å²) in [5, 5.41) is 0. The number of hydrogen-bond acceptors (Lipinski definition) is 2. The highest BCUT2D eigenvalue weighted by atomic mass is 19.1. The number of nitrogens with zero attached hydrogens (tertiary/aromatic N) is 1. The monoisotopic (exact) mass is 295 g/mol. The van der Waals surface area contributed by atoms with Crippen molar-refractivity contribution in [2.24, 2.45) is 0 Å². The number of carbonyl (C=O) groups excluding carboxylic acids is 1. The van der Waals surface area contributed by atoms with Crippen molar-refractivity contribution in [3.05, 3.63) is 71.6 Å². The van der Waals surface area contributed by atoms with Crippen LogP contribution in [0.5, 0.6) is 0 Å². The van der Waals surface area contributed by atoms with Crippen LogP contribution in [0.25, 0.3) is 6.08 Å². The molecule has 1 aliphatic heterocycles. The Bertz CT molecular complexity index is 668. The van der Waals surface area contributed by atoms with Gasteiger partial charge in [-0.1, -0.05) is 18.2 Å². The standard InChI is InChI=1S/C19H18FNO/c20-17-8-6-16(7-9-17)19(22)12-5-15-3-10-18(11-4-15)21-13-1-2-14-21/h3-12H,1-2,13-14H2/b12-5+. The summed E-state index contributed by atoms with van der Waals surface area (Å²) in [6.45, 7) is 2.25. The first kappa shape index (κ1) is 14.5. The van der Waals surface area contributed by atoms with Crippen LogP contribution in [0.3, 0.4) is 0 Å². The lowest BCUT2D eigenvalue weighted by molar-refractivity contribution is 0.104. The van der Waals surface area contributed by atoms with Crippen LogP contribution < -0.4 is 4.90 Å². The van der Waals surface area contributed by atoms with Crippen LogP contribution in [-0.2, 0) is 0 Å². The van der Waals surface area contributed by atoms with Gasteiger partial charge in [-0.15, -0.1) is 0 Å². The summed E-state index contributed by atoms with van der Waals surface area (Å²) in [7, 11) is 0. The van der Waals surface area contributed by atoms with Gasteiger partial charge >= 0.3 is 0 Å². The van der Waals surface area contributed by atoms with Crippen molar-refractivity contribution in [2.75, 3.05) is 18.0 Å². The van der Waals surface area contributed by atoms with E-state index in [0.29, 0.717) is 5.56 Å². The molecule has 1 fully saturated rings. The van der Waals surface area contributed by atoms with Crippen LogP contribution in [0, 0.1) is 5.82 Å². The minimum absolute atomic E-state index is 0.122. The van der Waals surface area contributed by atoms with Crippen molar-refractivity contribution < 1.29 is 9.18 Å². The van der Waals surface area contributed by atoms with E-state index in [9.17, 15) is 9.18 Å². The Labute approximate surface area is 129 Å². The second kappa shape index (κ2) is 6.56. The molecule has 1 saturated heterocycles. The zero-order valence-corrected chi connectivity index (χ0v) is 12.3. The summed E-state index contributed by atoms with van der Waals surface area (Å²) in [5.74, 6) is -0.457. The Hall–Kier alpha value is -2.42. The average Bonchev–Trinajstić information content (AvgIpc) is 3.08. The maximum atomic E-state index is 12.8. The summed E-state index contributed by atoms with van der Waals surface area (Å²) in [6, 6.07) is 13.8. The van der Waals surface area contributed by atoms with Crippen LogP contribution in [-0.4, -0.2) is 18.9 Å². The maximum absolute atomic E-state index is 12.8. The molecule has 112 valence electrons. The van der Waals surface area contributed by atoms with Crippen LogP contribution in [0.1, 0.15) is 28.8 Å².